The first-order valence-electron chi connectivity index (χ1n) is 6.29. The fourth-order valence-corrected chi connectivity index (χ4v) is 1.40. The molecule has 0 aliphatic carbocycles. The fourth-order valence-electron chi connectivity index (χ4n) is 1.40. The third-order valence-corrected chi connectivity index (χ3v) is 2.16. The summed E-state index contributed by atoms with van der Waals surface area (Å²) >= 11 is 0. The maximum atomic E-state index is 12.1. The summed E-state index contributed by atoms with van der Waals surface area (Å²) < 4.78 is 5.38. The molecular formula is C17H20O2. The van der Waals surface area contributed by atoms with Crippen LogP contribution in [-0.2, 0) is 9.53 Å². The summed E-state index contributed by atoms with van der Waals surface area (Å²) in [4.78, 5) is 12.1. The Kier molecular flexibility index (Phi) is 5.35. The third kappa shape index (κ3) is 5.89. The van der Waals surface area contributed by atoms with Crippen molar-refractivity contribution in [1.82, 2.24) is 0 Å². The smallest absolute Gasteiger partial charge is 0.339 e. The summed E-state index contributed by atoms with van der Waals surface area (Å²) in [5.74, 6) is -0.342. The quantitative estimate of drug-likeness (QED) is 0.351. The van der Waals surface area contributed by atoms with Crippen LogP contribution < -0.4 is 0 Å². The maximum absolute atomic E-state index is 12.1. The van der Waals surface area contributed by atoms with Crippen LogP contribution in [0.5, 0.6) is 0 Å². The molecule has 0 atom stereocenters. The minimum absolute atomic E-state index is 0.342. The lowest BCUT2D eigenvalue weighted by Crippen LogP contribution is -2.24. The highest BCUT2D eigenvalue weighted by Gasteiger charge is 2.18. The average molecular weight is 256 g/mol. The van der Waals surface area contributed by atoms with Crippen molar-refractivity contribution in [3.05, 3.63) is 59.4 Å². The Morgan fingerprint density at radius 1 is 1.21 bits per heavy atom. The lowest BCUT2D eigenvalue weighted by molar-refractivity contribution is -0.149. The van der Waals surface area contributed by atoms with Crippen molar-refractivity contribution in [3.8, 4) is 0 Å². The Bertz CT molecular complexity index is 510. The molecule has 100 valence electrons. The summed E-state index contributed by atoms with van der Waals surface area (Å²) in [5.41, 5.74) is 3.85. The number of esters is 1. The van der Waals surface area contributed by atoms with Crippen LogP contribution >= 0.6 is 0 Å². The second kappa shape index (κ2) is 6.77. The van der Waals surface area contributed by atoms with Crippen LogP contribution in [0.3, 0.4) is 0 Å². The molecule has 0 radical (unpaired) electrons. The van der Waals surface area contributed by atoms with Crippen molar-refractivity contribution >= 4 is 12.0 Å². The van der Waals surface area contributed by atoms with Crippen molar-refractivity contribution in [1.29, 1.82) is 0 Å². The number of ether oxygens (including phenoxy) is 1. The van der Waals surface area contributed by atoms with Crippen LogP contribution in [-0.4, -0.2) is 11.6 Å². The molecule has 0 fully saturated rings. The number of hydrogen-bond acceptors (Lipinski definition) is 2. The minimum atomic E-state index is -0.503. The Labute approximate surface area is 115 Å². The third-order valence-electron chi connectivity index (χ3n) is 2.16. The van der Waals surface area contributed by atoms with E-state index in [0.29, 0.717) is 5.57 Å². The van der Waals surface area contributed by atoms with Crippen molar-refractivity contribution < 1.29 is 9.53 Å². The average Bonchev–Trinajstić information content (AvgIpc) is 2.33. The second-order valence-electron chi connectivity index (χ2n) is 5.11. The van der Waals surface area contributed by atoms with Gasteiger partial charge in [0.15, 0.2) is 0 Å². The normalized spacial score (nSPS) is 11.5. The van der Waals surface area contributed by atoms with Gasteiger partial charge in [-0.05, 0) is 51.5 Å². The molecule has 1 rings (SSSR count). The zero-order chi connectivity index (χ0) is 14.3. The first-order chi connectivity index (χ1) is 8.92. The first kappa shape index (κ1) is 15.0. The van der Waals surface area contributed by atoms with Gasteiger partial charge in [0.1, 0.15) is 5.60 Å². The molecule has 0 saturated carbocycles. The topological polar surface area (TPSA) is 26.3 Å². The van der Waals surface area contributed by atoms with E-state index in [4.69, 9.17) is 4.74 Å². The maximum Gasteiger partial charge on any atom is 0.339 e. The van der Waals surface area contributed by atoms with E-state index in [9.17, 15) is 4.79 Å². The van der Waals surface area contributed by atoms with Crippen molar-refractivity contribution in [2.45, 2.75) is 33.3 Å². The predicted molar refractivity (Wildman–Crippen MR) is 78.6 cm³/mol. The van der Waals surface area contributed by atoms with Gasteiger partial charge in [0, 0.05) is 0 Å². The Balaban J connectivity index is 3.06. The number of carbonyl (C=O) groups excluding carboxylic acids is 1. The van der Waals surface area contributed by atoms with Crippen LogP contribution in [0.15, 0.2) is 53.8 Å². The largest absolute Gasteiger partial charge is 0.456 e. The summed E-state index contributed by atoms with van der Waals surface area (Å²) in [6.07, 6.45) is 5.19. The van der Waals surface area contributed by atoms with Gasteiger partial charge in [-0.2, -0.15) is 0 Å². The van der Waals surface area contributed by atoms with Gasteiger partial charge in [0.05, 0.1) is 5.57 Å². The molecule has 0 heterocycles. The van der Waals surface area contributed by atoms with Gasteiger partial charge in [0.2, 0.25) is 0 Å². The van der Waals surface area contributed by atoms with E-state index >= 15 is 0 Å². The van der Waals surface area contributed by atoms with E-state index in [0.717, 1.165) is 5.56 Å². The Morgan fingerprint density at radius 2 is 1.84 bits per heavy atom. The highest BCUT2D eigenvalue weighted by atomic mass is 16.6. The zero-order valence-electron chi connectivity index (χ0n) is 11.9. The second-order valence-corrected chi connectivity index (χ2v) is 5.11. The van der Waals surface area contributed by atoms with Gasteiger partial charge < -0.3 is 4.74 Å². The Morgan fingerprint density at radius 3 is 2.37 bits per heavy atom. The van der Waals surface area contributed by atoms with Crippen molar-refractivity contribution in [3.63, 3.8) is 0 Å². The van der Waals surface area contributed by atoms with Crippen molar-refractivity contribution in [2.75, 3.05) is 0 Å². The van der Waals surface area contributed by atoms with Gasteiger partial charge in [-0.15, -0.1) is 5.73 Å². The van der Waals surface area contributed by atoms with E-state index in [1.54, 1.807) is 18.2 Å². The molecule has 1 aromatic rings. The summed E-state index contributed by atoms with van der Waals surface area (Å²) in [5, 5.41) is 0. The molecule has 0 saturated heterocycles. The van der Waals surface area contributed by atoms with Crippen LogP contribution in [0.25, 0.3) is 6.08 Å². The molecule has 1 aromatic carbocycles. The molecule has 2 heteroatoms. The molecule has 0 aliphatic heterocycles. The van der Waals surface area contributed by atoms with Gasteiger partial charge in [-0.1, -0.05) is 30.3 Å². The molecule has 0 bridgehead atoms. The molecule has 0 aromatic heterocycles. The molecule has 2 nitrogen and oxygen atoms in total. The molecule has 0 N–H and O–H groups in total. The van der Waals surface area contributed by atoms with E-state index in [1.165, 1.54) is 0 Å². The lowest BCUT2D eigenvalue weighted by atomic mass is 10.1. The lowest BCUT2D eigenvalue weighted by Gasteiger charge is -2.19. The van der Waals surface area contributed by atoms with E-state index < -0.39 is 5.60 Å². The SMILES string of the molecule is CC=C=C/C(=C\c1ccccc1)C(=O)OC(C)(C)C. The zero-order valence-corrected chi connectivity index (χ0v) is 11.9. The summed E-state index contributed by atoms with van der Waals surface area (Å²) in [7, 11) is 0. The van der Waals surface area contributed by atoms with Gasteiger partial charge in [-0.25, -0.2) is 4.79 Å². The first-order valence-corrected chi connectivity index (χ1v) is 6.29. The Hall–Kier alpha value is -2.05. The number of hydrogen-bond donors (Lipinski definition) is 0. The predicted octanol–water partition coefficient (Wildman–Crippen LogP) is 4.14. The molecule has 19 heavy (non-hydrogen) atoms. The fraction of sp³-hybridized carbons (Fsp3) is 0.294. The number of benzene rings is 1. The standard InChI is InChI=1S/C17H20O2/c1-5-6-12-15(16(18)19-17(2,3)4)13-14-10-8-7-9-11-14/h5,7-13H,1-4H3/b15-13+. The van der Waals surface area contributed by atoms with Gasteiger partial charge >= 0.3 is 5.97 Å². The molecular weight excluding hydrogens is 236 g/mol. The molecule has 0 unspecified atom stereocenters. The van der Waals surface area contributed by atoms with Gasteiger partial charge in [0.25, 0.3) is 0 Å². The molecule has 0 amide bonds. The molecule has 0 aliphatic rings. The van der Waals surface area contributed by atoms with E-state index in [-0.39, 0.29) is 5.97 Å². The monoisotopic (exact) mass is 256 g/mol. The molecule has 0 spiro atoms. The van der Waals surface area contributed by atoms with Crippen LogP contribution in [0.4, 0.5) is 0 Å². The minimum Gasteiger partial charge on any atom is -0.456 e. The van der Waals surface area contributed by atoms with Gasteiger partial charge in [-0.3, -0.25) is 0 Å². The summed E-state index contributed by atoms with van der Waals surface area (Å²) in [6.45, 7) is 7.41. The van der Waals surface area contributed by atoms with Crippen molar-refractivity contribution in [2.24, 2.45) is 0 Å². The number of carbonyl (C=O) groups is 1. The van der Waals surface area contributed by atoms with E-state index in [1.807, 2.05) is 58.0 Å². The summed E-state index contributed by atoms with van der Waals surface area (Å²) in [6, 6.07) is 9.67. The van der Waals surface area contributed by atoms with Crippen LogP contribution in [0.2, 0.25) is 0 Å². The number of rotatable bonds is 3. The highest BCUT2D eigenvalue weighted by Crippen LogP contribution is 2.14. The highest BCUT2D eigenvalue weighted by molar-refractivity contribution is 5.96. The van der Waals surface area contributed by atoms with E-state index in [2.05, 4.69) is 5.73 Å². The van der Waals surface area contributed by atoms with Crippen LogP contribution in [0, 0.1) is 0 Å². The van der Waals surface area contributed by atoms with Crippen LogP contribution in [0.1, 0.15) is 33.3 Å².